The molecule has 0 amide bonds. The van der Waals surface area contributed by atoms with Crippen molar-refractivity contribution in [3.63, 3.8) is 0 Å². The Morgan fingerprint density at radius 2 is 2.04 bits per heavy atom. The van der Waals surface area contributed by atoms with E-state index in [-0.39, 0.29) is 5.69 Å². The zero-order valence-corrected chi connectivity index (χ0v) is 17.1. The molecule has 5 nitrogen and oxygen atoms in total. The minimum absolute atomic E-state index is 0.0295. The third-order valence-electron chi connectivity index (χ3n) is 5.92. The molecule has 0 aliphatic carbocycles. The monoisotopic (exact) mass is 373 g/mol. The molecule has 3 rings (SSSR count). The molecule has 2 N–H and O–H groups in total. The van der Waals surface area contributed by atoms with Crippen LogP contribution in [0.4, 0.5) is 0 Å². The molecule has 2 aromatic rings. The molecule has 1 aromatic heterocycles. The molecule has 5 heteroatoms. The largest absolute Gasteiger partial charge is 0.378 e. The molecular weight excluding hydrogens is 338 g/mol. The van der Waals surface area contributed by atoms with Crippen molar-refractivity contribution in [1.29, 1.82) is 0 Å². The molecule has 150 valence electrons. The lowest BCUT2D eigenvalue weighted by atomic mass is 9.85. The molecule has 0 saturated carbocycles. The summed E-state index contributed by atoms with van der Waals surface area (Å²) >= 11 is 0. The fourth-order valence-corrected chi connectivity index (χ4v) is 4.33. The van der Waals surface area contributed by atoms with Crippen molar-refractivity contribution in [2.24, 2.45) is 7.05 Å². The first-order valence-electron chi connectivity index (χ1n) is 10.6. The molecule has 1 aliphatic heterocycles. The predicted octanol–water partition coefficient (Wildman–Crippen LogP) is 3.86. The third-order valence-corrected chi connectivity index (χ3v) is 5.92. The molecule has 1 saturated heterocycles. The summed E-state index contributed by atoms with van der Waals surface area (Å²) in [5.74, 6) is 0.508. The highest BCUT2D eigenvalue weighted by molar-refractivity contribution is 5.81. The smallest absolute Gasteiger partial charge is 0.326 e. The Morgan fingerprint density at radius 3 is 2.78 bits per heavy atom. The summed E-state index contributed by atoms with van der Waals surface area (Å²) in [6, 6.07) is 4.25. The quantitative estimate of drug-likeness (QED) is 0.656. The van der Waals surface area contributed by atoms with Gasteiger partial charge in [0, 0.05) is 7.05 Å². The van der Waals surface area contributed by atoms with Crippen LogP contribution < -0.4 is 11.0 Å². The van der Waals surface area contributed by atoms with E-state index in [2.05, 4.69) is 36.3 Å². The molecule has 1 atom stereocenters. The van der Waals surface area contributed by atoms with Crippen molar-refractivity contribution in [1.82, 2.24) is 14.9 Å². The van der Waals surface area contributed by atoms with Gasteiger partial charge in [-0.1, -0.05) is 32.3 Å². The first-order chi connectivity index (χ1) is 13.1. The molecular formula is C22H35N3O2. The SMILES string of the molecule is CCCCCC(C)OCCc1ccc2[nH]c(=O)n(C)c2c1C1CCNCC1. The summed E-state index contributed by atoms with van der Waals surface area (Å²) in [7, 11) is 1.88. The number of aryl methyl sites for hydroxylation is 1. The second kappa shape index (κ2) is 9.56. The van der Waals surface area contributed by atoms with E-state index in [0.717, 1.165) is 56.4 Å². The van der Waals surface area contributed by atoms with Crippen molar-refractivity contribution in [2.75, 3.05) is 19.7 Å². The van der Waals surface area contributed by atoms with Gasteiger partial charge in [0.2, 0.25) is 0 Å². The van der Waals surface area contributed by atoms with Crippen LogP contribution in [0.1, 0.15) is 69.4 Å². The van der Waals surface area contributed by atoms with Gasteiger partial charge in [-0.25, -0.2) is 4.79 Å². The highest BCUT2D eigenvalue weighted by Crippen LogP contribution is 2.33. The fourth-order valence-electron chi connectivity index (χ4n) is 4.33. The van der Waals surface area contributed by atoms with Gasteiger partial charge in [-0.05, 0) is 68.8 Å². The second-order valence-electron chi connectivity index (χ2n) is 7.98. The third kappa shape index (κ3) is 4.82. The fraction of sp³-hybridized carbons (Fsp3) is 0.682. The van der Waals surface area contributed by atoms with Gasteiger partial charge in [-0.15, -0.1) is 0 Å². The molecule has 1 unspecified atom stereocenters. The van der Waals surface area contributed by atoms with Crippen molar-refractivity contribution >= 4 is 11.0 Å². The molecule has 1 fully saturated rings. The summed E-state index contributed by atoms with van der Waals surface area (Å²) in [6.45, 7) is 7.25. The van der Waals surface area contributed by atoms with Gasteiger partial charge in [0.05, 0.1) is 23.7 Å². The number of rotatable bonds is 9. The molecule has 0 bridgehead atoms. The first kappa shape index (κ1) is 20.2. The Hall–Kier alpha value is -1.59. The molecule has 0 radical (unpaired) electrons. The number of unbranched alkanes of at least 4 members (excludes halogenated alkanes) is 2. The number of benzene rings is 1. The maximum atomic E-state index is 12.2. The molecule has 1 aliphatic rings. The Labute approximate surface area is 162 Å². The minimum Gasteiger partial charge on any atom is -0.378 e. The molecule has 0 spiro atoms. The van der Waals surface area contributed by atoms with Gasteiger partial charge in [0.25, 0.3) is 0 Å². The van der Waals surface area contributed by atoms with E-state index in [4.69, 9.17) is 4.74 Å². The van der Waals surface area contributed by atoms with E-state index >= 15 is 0 Å². The second-order valence-corrected chi connectivity index (χ2v) is 7.98. The van der Waals surface area contributed by atoms with E-state index in [1.54, 1.807) is 4.57 Å². The van der Waals surface area contributed by atoms with Gasteiger partial charge in [0.15, 0.2) is 0 Å². The van der Waals surface area contributed by atoms with Crippen molar-refractivity contribution in [3.8, 4) is 0 Å². The zero-order valence-electron chi connectivity index (χ0n) is 17.1. The van der Waals surface area contributed by atoms with Crippen LogP contribution in [0, 0.1) is 0 Å². The van der Waals surface area contributed by atoms with Crippen LogP contribution in [0.2, 0.25) is 0 Å². The van der Waals surface area contributed by atoms with Gasteiger partial charge >= 0.3 is 5.69 Å². The average molecular weight is 374 g/mol. The lowest BCUT2D eigenvalue weighted by Gasteiger charge is -2.26. The number of imidazole rings is 1. The Kier molecular flexibility index (Phi) is 7.13. The number of nitrogens with one attached hydrogen (secondary N) is 2. The van der Waals surface area contributed by atoms with Crippen molar-refractivity contribution < 1.29 is 4.74 Å². The number of piperidine rings is 1. The van der Waals surface area contributed by atoms with Crippen LogP contribution in [0.15, 0.2) is 16.9 Å². The topological polar surface area (TPSA) is 59.1 Å². The standard InChI is InChI=1S/C22H35N3O2/c1-4-5-6-7-16(2)27-15-12-17-8-9-19-21(25(3)22(26)24-19)20(17)18-10-13-23-14-11-18/h8-9,16,18,23H,4-7,10-15H2,1-3H3,(H,24,26). The van der Waals surface area contributed by atoms with Gasteiger partial charge in [0.1, 0.15) is 0 Å². The summed E-state index contributed by atoms with van der Waals surface area (Å²) in [5, 5.41) is 3.45. The zero-order chi connectivity index (χ0) is 19.2. The average Bonchev–Trinajstić information content (AvgIpc) is 2.97. The van der Waals surface area contributed by atoms with Crippen LogP contribution in [-0.4, -0.2) is 35.4 Å². The Bertz CT molecular complexity index is 787. The summed E-state index contributed by atoms with van der Waals surface area (Å²) < 4.78 is 7.88. The van der Waals surface area contributed by atoms with E-state index < -0.39 is 0 Å². The number of H-pyrrole nitrogens is 1. The van der Waals surface area contributed by atoms with Crippen LogP contribution >= 0.6 is 0 Å². The molecule has 1 aromatic carbocycles. The maximum Gasteiger partial charge on any atom is 0.326 e. The van der Waals surface area contributed by atoms with Gasteiger partial charge in [-0.2, -0.15) is 0 Å². The van der Waals surface area contributed by atoms with E-state index in [1.807, 2.05) is 7.05 Å². The van der Waals surface area contributed by atoms with Crippen molar-refractivity contribution in [3.05, 3.63) is 33.7 Å². The summed E-state index contributed by atoms with van der Waals surface area (Å²) in [4.78, 5) is 15.2. The van der Waals surface area contributed by atoms with E-state index in [1.165, 1.54) is 30.4 Å². The number of ether oxygens (including phenoxy) is 1. The van der Waals surface area contributed by atoms with Crippen molar-refractivity contribution in [2.45, 2.75) is 70.8 Å². The highest BCUT2D eigenvalue weighted by atomic mass is 16.5. The highest BCUT2D eigenvalue weighted by Gasteiger charge is 2.23. The molecule has 27 heavy (non-hydrogen) atoms. The minimum atomic E-state index is -0.0295. The number of fused-ring (bicyclic) bond motifs is 1. The van der Waals surface area contributed by atoms with Gasteiger partial charge < -0.3 is 15.0 Å². The van der Waals surface area contributed by atoms with Gasteiger partial charge in [-0.3, -0.25) is 4.57 Å². The van der Waals surface area contributed by atoms with Crippen LogP contribution in [0.3, 0.4) is 0 Å². The van der Waals surface area contributed by atoms with E-state index in [9.17, 15) is 4.79 Å². The first-order valence-corrected chi connectivity index (χ1v) is 10.6. The Morgan fingerprint density at radius 1 is 1.26 bits per heavy atom. The number of aromatic amines is 1. The predicted molar refractivity (Wildman–Crippen MR) is 112 cm³/mol. The Balaban J connectivity index is 1.77. The number of nitrogens with zero attached hydrogens (tertiary/aromatic N) is 1. The molecule has 2 heterocycles. The van der Waals surface area contributed by atoms with Crippen LogP contribution in [0.25, 0.3) is 11.0 Å². The van der Waals surface area contributed by atoms with Crippen LogP contribution in [-0.2, 0) is 18.2 Å². The normalized spacial score (nSPS) is 16.9. The number of aromatic nitrogens is 2. The summed E-state index contributed by atoms with van der Waals surface area (Å²) in [5.41, 5.74) is 4.70. The lowest BCUT2D eigenvalue weighted by molar-refractivity contribution is 0.0606. The number of hydrogen-bond donors (Lipinski definition) is 2. The van der Waals surface area contributed by atoms with E-state index in [0.29, 0.717) is 12.0 Å². The maximum absolute atomic E-state index is 12.2. The number of hydrogen-bond acceptors (Lipinski definition) is 3. The summed E-state index contributed by atoms with van der Waals surface area (Å²) in [6.07, 6.45) is 8.40. The van der Waals surface area contributed by atoms with Crippen LogP contribution in [0.5, 0.6) is 0 Å². The lowest BCUT2D eigenvalue weighted by Crippen LogP contribution is -2.27.